The smallest absolute Gasteiger partial charge is 0.341 e. The standard InChI is InChI=1S/C32H46O12/c1-9-12-13-15-22(35)41-26-24-23(18(5)25(26)42-28(36)17(4)11-3)27-32(39,31(8,38)29(37)43-27)20(40-21(34)14-10-2)16-30(24,7)44-19(6)33/h11,20,24-27,38-39H,9-10,12-16H2,1-8H3/t20-,24+,25-,26-,27-,30-,31+,32+/m0/s1. The van der Waals surface area contributed by atoms with Crippen LogP contribution in [0.1, 0.15) is 100 Å². The Bertz CT molecular complexity index is 1230. The number of hydrogen-bond acceptors (Lipinski definition) is 12. The first-order valence-electron chi connectivity index (χ1n) is 15.3. The van der Waals surface area contributed by atoms with Crippen LogP contribution in [0.2, 0.25) is 0 Å². The first kappa shape index (κ1) is 35.2. The van der Waals surface area contributed by atoms with Crippen LogP contribution in [-0.2, 0) is 47.7 Å². The predicted molar refractivity (Wildman–Crippen MR) is 155 cm³/mol. The maximum absolute atomic E-state index is 13.2. The minimum atomic E-state index is -2.57. The highest BCUT2D eigenvalue weighted by molar-refractivity contribution is 5.88. The van der Waals surface area contributed by atoms with Gasteiger partial charge in [0.2, 0.25) is 0 Å². The summed E-state index contributed by atoms with van der Waals surface area (Å²) in [6.45, 7) is 12.3. The van der Waals surface area contributed by atoms with E-state index in [1.165, 1.54) is 13.8 Å². The lowest BCUT2D eigenvalue weighted by atomic mass is 9.75. The maximum atomic E-state index is 13.2. The zero-order valence-electron chi connectivity index (χ0n) is 26.9. The van der Waals surface area contributed by atoms with E-state index in [2.05, 4.69) is 0 Å². The lowest BCUT2D eigenvalue weighted by Gasteiger charge is -2.41. The number of hydrogen-bond donors (Lipinski definition) is 2. The number of aliphatic hydroxyl groups is 2. The van der Waals surface area contributed by atoms with Crippen LogP contribution in [0.5, 0.6) is 0 Å². The van der Waals surface area contributed by atoms with Gasteiger partial charge in [-0.15, -0.1) is 0 Å². The number of esters is 5. The fourth-order valence-corrected chi connectivity index (χ4v) is 6.55. The molecule has 12 heteroatoms. The molecule has 0 radical (unpaired) electrons. The van der Waals surface area contributed by atoms with Crippen LogP contribution in [0.3, 0.4) is 0 Å². The van der Waals surface area contributed by atoms with Gasteiger partial charge in [0, 0.05) is 31.8 Å². The lowest BCUT2D eigenvalue weighted by molar-refractivity contribution is -0.212. The van der Waals surface area contributed by atoms with E-state index in [9.17, 15) is 34.2 Å². The van der Waals surface area contributed by atoms with E-state index in [1.807, 2.05) is 6.92 Å². The molecule has 1 saturated heterocycles. The Morgan fingerprint density at radius 2 is 1.61 bits per heavy atom. The minimum absolute atomic E-state index is 0.0239. The van der Waals surface area contributed by atoms with E-state index >= 15 is 0 Å². The molecule has 2 N–H and O–H groups in total. The second-order valence-corrected chi connectivity index (χ2v) is 12.3. The Balaban J connectivity index is 2.29. The Morgan fingerprint density at radius 1 is 0.977 bits per heavy atom. The highest BCUT2D eigenvalue weighted by Crippen LogP contribution is 2.57. The van der Waals surface area contributed by atoms with Crippen molar-refractivity contribution in [1.29, 1.82) is 0 Å². The molecule has 3 aliphatic rings. The van der Waals surface area contributed by atoms with Gasteiger partial charge >= 0.3 is 29.8 Å². The summed E-state index contributed by atoms with van der Waals surface area (Å²) >= 11 is 0. The first-order valence-corrected chi connectivity index (χ1v) is 15.3. The molecule has 0 aromatic heterocycles. The van der Waals surface area contributed by atoms with Crippen LogP contribution in [-0.4, -0.2) is 81.3 Å². The molecule has 0 bridgehead atoms. The fraction of sp³-hybridized carbons (Fsp3) is 0.719. The highest BCUT2D eigenvalue weighted by atomic mass is 16.6. The van der Waals surface area contributed by atoms with Crippen LogP contribution < -0.4 is 0 Å². The fourth-order valence-electron chi connectivity index (χ4n) is 6.55. The Morgan fingerprint density at radius 3 is 2.18 bits per heavy atom. The summed E-state index contributed by atoms with van der Waals surface area (Å²) in [4.78, 5) is 64.7. The largest absolute Gasteiger partial charge is 0.459 e. The molecular weight excluding hydrogens is 576 g/mol. The van der Waals surface area contributed by atoms with E-state index in [-0.39, 0.29) is 29.6 Å². The second-order valence-electron chi connectivity index (χ2n) is 12.3. The number of carbonyl (C=O) groups is 5. The van der Waals surface area contributed by atoms with Gasteiger partial charge in [-0.3, -0.25) is 14.4 Å². The number of carbonyl (C=O) groups excluding carboxylic acids is 5. The molecule has 0 aromatic rings. The number of rotatable bonds is 11. The van der Waals surface area contributed by atoms with Crippen molar-refractivity contribution in [3.63, 3.8) is 0 Å². The molecular formula is C32H46O12. The first-order chi connectivity index (χ1) is 20.5. The molecule has 1 saturated carbocycles. The Hall–Kier alpha value is -3.25. The van der Waals surface area contributed by atoms with Crippen LogP contribution in [0, 0.1) is 5.92 Å². The quantitative estimate of drug-likeness (QED) is 0.114. The normalized spacial score (nSPS) is 34.8. The van der Waals surface area contributed by atoms with Crippen molar-refractivity contribution in [3.05, 3.63) is 22.8 Å². The molecule has 0 aromatic carbocycles. The van der Waals surface area contributed by atoms with E-state index in [0.29, 0.717) is 12.8 Å². The van der Waals surface area contributed by atoms with Gasteiger partial charge in [-0.05, 0) is 58.6 Å². The SMILES string of the molecule is CC=C(C)C(=O)O[C@H]1C(C)=C2[C@H]([C@@H]1OC(=O)CCCCC)[C@@](C)(OC(C)=O)C[C@H](OC(=O)CCC)[C@@]1(O)[C@H]2OC(=O)[C@@]1(C)O. The third kappa shape index (κ3) is 6.28. The third-order valence-corrected chi connectivity index (χ3v) is 9.01. The second kappa shape index (κ2) is 13.4. The molecule has 44 heavy (non-hydrogen) atoms. The zero-order valence-corrected chi connectivity index (χ0v) is 26.9. The van der Waals surface area contributed by atoms with Gasteiger partial charge in [0.05, 0.1) is 5.92 Å². The average molecular weight is 623 g/mol. The number of unbranched alkanes of at least 4 members (excludes halogenated alkanes) is 2. The maximum Gasteiger partial charge on any atom is 0.341 e. The van der Waals surface area contributed by atoms with E-state index in [4.69, 9.17) is 23.7 Å². The van der Waals surface area contributed by atoms with Crippen molar-refractivity contribution in [2.24, 2.45) is 5.92 Å². The van der Waals surface area contributed by atoms with E-state index in [1.54, 1.807) is 33.8 Å². The van der Waals surface area contributed by atoms with Crippen LogP contribution in [0.25, 0.3) is 0 Å². The van der Waals surface area contributed by atoms with E-state index < -0.39 is 83.4 Å². The predicted octanol–water partition coefficient (Wildman–Crippen LogP) is 3.15. The summed E-state index contributed by atoms with van der Waals surface area (Å²) in [6.07, 6.45) is -1.96. The van der Waals surface area contributed by atoms with Gasteiger partial charge in [-0.25, -0.2) is 9.59 Å². The molecule has 2 aliphatic carbocycles. The molecule has 12 nitrogen and oxygen atoms in total. The summed E-state index contributed by atoms with van der Waals surface area (Å²) in [5.74, 6) is -5.05. The summed E-state index contributed by atoms with van der Waals surface area (Å²) in [7, 11) is 0. The number of ether oxygens (including phenoxy) is 5. The molecule has 246 valence electrons. The van der Waals surface area contributed by atoms with Gasteiger partial charge in [0.1, 0.15) is 11.7 Å². The van der Waals surface area contributed by atoms with Crippen molar-refractivity contribution in [2.45, 2.75) is 142 Å². The zero-order chi connectivity index (χ0) is 33.2. The Labute approximate surface area is 258 Å². The van der Waals surface area contributed by atoms with Gasteiger partial charge in [-0.1, -0.05) is 32.8 Å². The van der Waals surface area contributed by atoms with Crippen LogP contribution in [0.15, 0.2) is 22.8 Å². The van der Waals surface area contributed by atoms with Crippen molar-refractivity contribution in [1.82, 2.24) is 0 Å². The molecule has 2 fully saturated rings. The van der Waals surface area contributed by atoms with Crippen LogP contribution >= 0.6 is 0 Å². The van der Waals surface area contributed by atoms with Crippen molar-refractivity contribution < 1.29 is 57.9 Å². The molecule has 3 rings (SSSR count). The molecule has 0 amide bonds. The monoisotopic (exact) mass is 622 g/mol. The highest BCUT2D eigenvalue weighted by Gasteiger charge is 2.76. The molecule has 0 spiro atoms. The average Bonchev–Trinajstić information content (AvgIpc) is 3.26. The summed E-state index contributed by atoms with van der Waals surface area (Å²) in [6, 6.07) is 0. The lowest BCUT2D eigenvalue weighted by Crippen LogP contribution is -2.64. The molecule has 8 atom stereocenters. The molecule has 0 unspecified atom stereocenters. The summed E-state index contributed by atoms with van der Waals surface area (Å²) in [5.41, 5.74) is -6.12. The minimum Gasteiger partial charge on any atom is -0.459 e. The van der Waals surface area contributed by atoms with Crippen molar-refractivity contribution >= 4 is 29.8 Å². The van der Waals surface area contributed by atoms with Gasteiger partial charge < -0.3 is 33.9 Å². The molecule has 1 heterocycles. The van der Waals surface area contributed by atoms with Gasteiger partial charge in [-0.2, -0.15) is 0 Å². The van der Waals surface area contributed by atoms with Crippen LogP contribution in [0.4, 0.5) is 0 Å². The topological polar surface area (TPSA) is 172 Å². The Kier molecular flexibility index (Phi) is 10.7. The number of allylic oxidation sites excluding steroid dienone is 1. The van der Waals surface area contributed by atoms with Crippen molar-refractivity contribution in [3.8, 4) is 0 Å². The van der Waals surface area contributed by atoms with Crippen molar-refractivity contribution in [2.75, 3.05) is 0 Å². The van der Waals surface area contributed by atoms with Gasteiger partial charge in [0.25, 0.3) is 0 Å². The number of fused-ring (bicyclic) bond motifs is 3. The molecule has 1 aliphatic heterocycles. The summed E-state index contributed by atoms with van der Waals surface area (Å²) in [5, 5.41) is 23.8. The van der Waals surface area contributed by atoms with E-state index in [0.717, 1.165) is 19.8 Å². The van der Waals surface area contributed by atoms with Gasteiger partial charge in [0.15, 0.2) is 29.5 Å². The third-order valence-electron chi connectivity index (χ3n) is 9.01. The summed E-state index contributed by atoms with van der Waals surface area (Å²) < 4.78 is 29.1.